The Bertz CT molecular complexity index is 869. The molecule has 5 nitrogen and oxygen atoms in total. The Hall–Kier alpha value is -2.14. The number of nitrogens with zero attached hydrogens (tertiary/aromatic N) is 3. The van der Waals surface area contributed by atoms with Gasteiger partial charge in [0.2, 0.25) is 0 Å². The summed E-state index contributed by atoms with van der Waals surface area (Å²) in [6, 6.07) is 10.2. The van der Waals surface area contributed by atoms with Gasteiger partial charge in [-0.25, -0.2) is 4.98 Å². The summed E-state index contributed by atoms with van der Waals surface area (Å²) in [7, 11) is 0. The summed E-state index contributed by atoms with van der Waals surface area (Å²) in [5, 5.41) is 9.86. The molecule has 1 amide bonds. The summed E-state index contributed by atoms with van der Waals surface area (Å²) in [4.78, 5) is 20.4. The fraction of sp³-hybridized carbons (Fsp3) is 0.565. The zero-order chi connectivity index (χ0) is 19.1. The third kappa shape index (κ3) is 2.79. The lowest BCUT2D eigenvalue weighted by molar-refractivity contribution is 0.0521. The van der Waals surface area contributed by atoms with Crippen molar-refractivity contribution in [2.24, 2.45) is 11.3 Å². The highest BCUT2D eigenvalue weighted by Crippen LogP contribution is 2.51. The van der Waals surface area contributed by atoms with Crippen molar-refractivity contribution in [1.29, 1.82) is 0 Å². The van der Waals surface area contributed by atoms with E-state index in [2.05, 4.69) is 16.7 Å². The van der Waals surface area contributed by atoms with E-state index in [4.69, 9.17) is 4.98 Å². The Balaban J connectivity index is 1.51. The van der Waals surface area contributed by atoms with Crippen molar-refractivity contribution in [2.75, 3.05) is 19.7 Å². The molecule has 1 unspecified atom stereocenters. The van der Waals surface area contributed by atoms with Crippen LogP contribution in [0.1, 0.15) is 54.7 Å². The van der Waals surface area contributed by atoms with Crippen molar-refractivity contribution >= 4 is 5.91 Å². The molecule has 1 saturated heterocycles. The van der Waals surface area contributed by atoms with E-state index in [1.165, 1.54) is 12.8 Å². The van der Waals surface area contributed by atoms with Crippen LogP contribution in [-0.4, -0.2) is 45.2 Å². The van der Waals surface area contributed by atoms with Gasteiger partial charge in [0.15, 0.2) is 0 Å². The molecule has 1 saturated carbocycles. The molecule has 1 spiro atoms. The van der Waals surface area contributed by atoms with E-state index in [0.29, 0.717) is 12.2 Å². The van der Waals surface area contributed by atoms with Crippen molar-refractivity contribution in [2.45, 2.75) is 51.5 Å². The number of benzene rings is 1. The molecular formula is C23H29N3O2. The largest absolute Gasteiger partial charge is 0.396 e. The second kappa shape index (κ2) is 7.03. The molecule has 1 aromatic carbocycles. The van der Waals surface area contributed by atoms with Gasteiger partial charge in [-0.1, -0.05) is 43.2 Å². The maximum absolute atomic E-state index is 13.5. The van der Waals surface area contributed by atoms with Crippen LogP contribution in [0.4, 0.5) is 0 Å². The maximum Gasteiger partial charge on any atom is 0.274 e. The van der Waals surface area contributed by atoms with Crippen LogP contribution in [0.2, 0.25) is 0 Å². The number of aliphatic hydroxyl groups excluding tert-OH is 1. The second-order valence-electron chi connectivity index (χ2n) is 8.84. The van der Waals surface area contributed by atoms with Gasteiger partial charge in [-0.15, -0.1) is 0 Å². The Morgan fingerprint density at radius 2 is 1.96 bits per heavy atom. The first-order valence-corrected chi connectivity index (χ1v) is 10.8. The molecular weight excluding hydrogens is 350 g/mol. The highest BCUT2D eigenvalue weighted by molar-refractivity contribution is 5.94. The van der Waals surface area contributed by atoms with Crippen LogP contribution in [0.15, 0.2) is 30.3 Å². The van der Waals surface area contributed by atoms with Gasteiger partial charge in [-0.3, -0.25) is 4.79 Å². The van der Waals surface area contributed by atoms with E-state index in [-0.39, 0.29) is 23.8 Å². The van der Waals surface area contributed by atoms with Crippen LogP contribution in [0.5, 0.6) is 0 Å². The van der Waals surface area contributed by atoms with Gasteiger partial charge in [-0.05, 0) is 37.5 Å². The van der Waals surface area contributed by atoms with Crippen LogP contribution in [-0.2, 0) is 13.0 Å². The van der Waals surface area contributed by atoms with Gasteiger partial charge in [-0.2, -0.15) is 0 Å². The standard InChI is InChI=1S/C23H29N3O2/c27-15-18-14-25(16-23(18)11-7-12-23)22(28)20-19-10-5-2-6-13-26(19)21(24-20)17-8-3-1-4-9-17/h1,3-4,8-9,18,27H,2,5-7,10-16H2. The molecule has 5 heteroatoms. The number of likely N-dealkylation sites (tertiary alicyclic amines) is 1. The Morgan fingerprint density at radius 3 is 2.64 bits per heavy atom. The number of hydrogen-bond acceptors (Lipinski definition) is 3. The van der Waals surface area contributed by atoms with Gasteiger partial charge < -0.3 is 14.6 Å². The van der Waals surface area contributed by atoms with Gasteiger partial charge in [0.1, 0.15) is 11.5 Å². The van der Waals surface area contributed by atoms with Crippen LogP contribution in [0.25, 0.3) is 11.4 Å². The average Bonchev–Trinajstić information content (AvgIpc) is 3.19. The lowest BCUT2D eigenvalue weighted by Gasteiger charge is -2.42. The van der Waals surface area contributed by atoms with Crippen LogP contribution >= 0.6 is 0 Å². The molecule has 2 aromatic rings. The monoisotopic (exact) mass is 379 g/mol. The predicted molar refractivity (Wildman–Crippen MR) is 108 cm³/mol. The number of aromatic nitrogens is 2. The fourth-order valence-corrected chi connectivity index (χ4v) is 5.49. The molecule has 28 heavy (non-hydrogen) atoms. The molecule has 0 bridgehead atoms. The lowest BCUT2D eigenvalue weighted by Crippen LogP contribution is -2.39. The lowest BCUT2D eigenvalue weighted by atomic mass is 9.63. The van der Waals surface area contributed by atoms with Crippen molar-refractivity contribution in [3.8, 4) is 11.4 Å². The number of hydrogen-bond donors (Lipinski definition) is 1. The van der Waals surface area contributed by atoms with Crippen LogP contribution in [0.3, 0.4) is 0 Å². The molecule has 1 N–H and O–H groups in total. The predicted octanol–water partition coefficient (Wildman–Crippen LogP) is 3.51. The molecule has 148 valence electrons. The highest BCUT2D eigenvalue weighted by Gasteiger charge is 2.51. The van der Waals surface area contributed by atoms with Crippen LogP contribution in [0, 0.1) is 11.3 Å². The molecule has 1 atom stereocenters. The zero-order valence-electron chi connectivity index (χ0n) is 16.4. The minimum atomic E-state index is 0.0649. The van der Waals surface area contributed by atoms with Gasteiger partial charge in [0, 0.05) is 37.7 Å². The first-order valence-electron chi connectivity index (χ1n) is 10.8. The molecule has 2 fully saturated rings. The Morgan fingerprint density at radius 1 is 1.14 bits per heavy atom. The second-order valence-corrected chi connectivity index (χ2v) is 8.84. The molecule has 2 aliphatic heterocycles. The highest BCUT2D eigenvalue weighted by atomic mass is 16.3. The molecule has 1 aromatic heterocycles. The zero-order valence-corrected chi connectivity index (χ0v) is 16.4. The SMILES string of the molecule is O=C(c1nc(-c2ccccc2)n2c1CCCCC2)N1CC(CO)C2(CCC2)C1. The molecule has 1 aliphatic carbocycles. The summed E-state index contributed by atoms with van der Waals surface area (Å²) in [6.45, 7) is 2.57. The molecule has 3 aliphatic rings. The van der Waals surface area contributed by atoms with Crippen molar-refractivity contribution < 1.29 is 9.90 Å². The smallest absolute Gasteiger partial charge is 0.274 e. The van der Waals surface area contributed by atoms with Crippen molar-refractivity contribution in [1.82, 2.24) is 14.5 Å². The number of amides is 1. The topological polar surface area (TPSA) is 58.4 Å². The Kier molecular flexibility index (Phi) is 4.50. The quantitative estimate of drug-likeness (QED) is 0.888. The minimum Gasteiger partial charge on any atom is -0.396 e. The Labute approximate surface area is 166 Å². The average molecular weight is 380 g/mol. The number of imidazole rings is 1. The summed E-state index contributed by atoms with van der Waals surface area (Å²) < 4.78 is 2.29. The van der Waals surface area contributed by atoms with E-state index in [0.717, 1.165) is 62.3 Å². The van der Waals surface area contributed by atoms with E-state index in [9.17, 15) is 9.90 Å². The van der Waals surface area contributed by atoms with Gasteiger partial charge in [0.25, 0.3) is 5.91 Å². The van der Waals surface area contributed by atoms with E-state index >= 15 is 0 Å². The first-order chi connectivity index (χ1) is 13.7. The number of fused-ring (bicyclic) bond motifs is 1. The summed E-state index contributed by atoms with van der Waals surface area (Å²) in [6.07, 6.45) is 7.86. The molecule has 5 rings (SSSR count). The van der Waals surface area contributed by atoms with Gasteiger partial charge >= 0.3 is 0 Å². The fourth-order valence-electron chi connectivity index (χ4n) is 5.49. The number of carbonyl (C=O) groups is 1. The normalized spacial score (nSPS) is 23.3. The summed E-state index contributed by atoms with van der Waals surface area (Å²) in [5.74, 6) is 1.21. The van der Waals surface area contributed by atoms with Gasteiger partial charge in [0.05, 0.1) is 5.69 Å². The van der Waals surface area contributed by atoms with Crippen LogP contribution < -0.4 is 0 Å². The number of aliphatic hydroxyl groups is 1. The third-order valence-electron chi connectivity index (χ3n) is 7.27. The molecule has 0 radical (unpaired) electrons. The van der Waals surface area contributed by atoms with Crippen molar-refractivity contribution in [3.05, 3.63) is 41.7 Å². The summed E-state index contributed by atoms with van der Waals surface area (Å²) in [5.41, 5.74) is 2.99. The number of carbonyl (C=O) groups excluding carboxylic acids is 1. The number of rotatable bonds is 3. The maximum atomic E-state index is 13.5. The van der Waals surface area contributed by atoms with Crippen molar-refractivity contribution in [3.63, 3.8) is 0 Å². The molecule has 3 heterocycles. The summed E-state index contributed by atoms with van der Waals surface area (Å²) >= 11 is 0. The first kappa shape index (κ1) is 17.9. The minimum absolute atomic E-state index is 0.0649. The van der Waals surface area contributed by atoms with E-state index < -0.39 is 0 Å². The third-order valence-corrected chi connectivity index (χ3v) is 7.27. The van der Waals surface area contributed by atoms with E-state index in [1.807, 2.05) is 23.1 Å². The van der Waals surface area contributed by atoms with E-state index in [1.54, 1.807) is 0 Å².